The molecular weight excluding hydrogens is 333 g/mol. The molecule has 2 aromatic carbocycles. The lowest BCUT2D eigenvalue weighted by Crippen LogP contribution is -2.13. The number of carbonyl (C=O) groups is 1. The molecule has 0 spiro atoms. The second kappa shape index (κ2) is 8.23. The van der Waals surface area contributed by atoms with E-state index in [0.29, 0.717) is 35.2 Å². The lowest BCUT2D eigenvalue weighted by atomic mass is 10.1. The summed E-state index contributed by atoms with van der Waals surface area (Å²) in [5.74, 6) is 0.778. The minimum atomic E-state index is -0.0899. The molecule has 0 bridgehead atoms. The van der Waals surface area contributed by atoms with Crippen molar-refractivity contribution in [1.29, 1.82) is 0 Å². The maximum atomic E-state index is 11.9. The van der Waals surface area contributed by atoms with Crippen molar-refractivity contribution in [2.45, 2.75) is 26.7 Å². The summed E-state index contributed by atoms with van der Waals surface area (Å²) < 4.78 is 5.73. The fraction of sp³-hybridized carbons (Fsp3) is 0.278. The summed E-state index contributed by atoms with van der Waals surface area (Å²) >= 11 is 11.8. The molecular formula is C18H19Cl2NO2. The minimum Gasteiger partial charge on any atom is -0.493 e. The zero-order chi connectivity index (χ0) is 16.8. The molecule has 0 radical (unpaired) electrons. The van der Waals surface area contributed by atoms with Gasteiger partial charge in [-0.15, -0.1) is 0 Å². The van der Waals surface area contributed by atoms with Gasteiger partial charge in [0.25, 0.3) is 0 Å². The van der Waals surface area contributed by atoms with Crippen molar-refractivity contribution in [2.24, 2.45) is 0 Å². The molecule has 1 amide bonds. The normalized spacial score (nSPS) is 10.4. The van der Waals surface area contributed by atoms with E-state index < -0.39 is 0 Å². The van der Waals surface area contributed by atoms with Crippen LogP contribution in [0.1, 0.15) is 24.0 Å². The van der Waals surface area contributed by atoms with Crippen LogP contribution in [0.15, 0.2) is 36.4 Å². The van der Waals surface area contributed by atoms with Crippen LogP contribution in [0, 0.1) is 13.8 Å². The van der Waals surface area contributed by atoms with Crippen molar-refractivity contribution >= 4 is 34.8 Å². The number of carbonyl (C=O) groups excluding carboxylic acids is 1. The Kier molecular flexibility index (Phi) is 6.31. The number of rotatable bonds is 6. The predicted molar refractivity (Wildman–Crippen MR) is 95.7 cm³/mol. The molecule has 0 saturated heterocycles. The third-order valence-electron chi connectivity index (χ3n) is 3.30. The molecule has 5 heteroatoms. The van der Waals surface area contributed by atoms with Crippen LogP contribution in [0.3, 0.4) is 0 Å². The molecule has 0 unspecified atom stereocenters. The lowest BCUT2D eigenvalue weighted by Gasteiger charge is -2.10. The SMILES string of the molecule is Cc1ccc(C)c(OCCCC(=O)Nc2cc(Cl)cc(Cl)c2)c1. The van der Waals surface area contributed by atoms with Gasteiger partial charge in [-0.2, -0.15) is 0 Å². The zero-order valence-electron chi connectivity index (χ0n) is 13.2. The fourth-order valence-electron chi connectivity index (χ4n) is 2.13. The Morgan fingerprint density at radius 3 is 2.48 bits per heavy atom. The number of halogens is 2. The number of ether oxygens (including phenoxy) is 1. The monoisotopic (exact) mass is 351 g/mol. The van der Waals surface area contributed by atoms with Gasteiger partial charge in [-0.3, -0.25) is 4.79 Å². The summed E-state index contributed by atoms with van der Waals surface area (Å²) in [6, 6.07) is 11.0. The number of benzene rings is 2. The Morgan fingerprint density at radius 1 is 1.09 bits per heavy atom. The molecule has 0 fully saturated rings. The van der Waals surface area contributed by atoms with Crippen LogP contribution in [0.25, 0.3) is 0 Å². The number of hydrogen-bond donors (Lipinski definition) is 1. The van der Waals surface area contributed by atoms with E-state index in [9.17, 15) is 4.79 Å². The van der Waals surface area contributed by atoms with Gasteiger partial charge >= 0.3 is 0 Å². The van der Waals surface area contributed by atoms with Gasteiger partial charge in [0.05, 0.1) is 6.61 Å². The van der Waals surface area contributed by atoms with Crippen LogP contribution < -0.4 is 10.1 Å². The van der Waals surface area contributed by atoms with E-state index in [1.165, 1.54) is 0 Å². The van der Waals surface area contributed by atoms with Gasteiger partial charge in [0.2, 0.25) is 5.91 Å². The Morgan fingerprint density at radius 2 is 1.78 bits per heavy atom. The number of aryl methyl sites for hydroxylation is 2. The Hall–Kier alpha value is -1.71. The average Bonchev–Trinajstić information content (AvgIpc) is 2.46. The van der Waals surface area contributed by atoms with E-state index in [2.05, 4.69) is 5.32 Å². The van der Waals surface area contributed by atoms with Crippen molar-refractivity contribution in [2.75, 3.05) is 11.9 Å². The standard InChI is InChI=1S/C18H19Cl2NO2/c1-12-5-6-13(2)17(8-12)23-7-3-4-18(22)21-16-10-14(19)9-15(20)11-16/h5-6,8-11H,3-4,7H2,1-2H3,(H,21,22). The van der Waals surface area contributed by atoms with Crippen molar-refractivity contribution < 1.29 is 9.53 Å². The predicted octanol–water partition coefficient (Wildman–Crippen LogP) is 5.41. The first-order valence-corrected chi connectivity index (χ1v) is 8.15. The van der Waals surface area contributed by atoms with Gasteiger partial charge in [0, 0.05) is 22.2 Å². The van der Waals surface area contributed by atoms with Gasteiger partial charge < -0.3 is 10.1 Å². The molecule has 122 valence electrons. The summed E-state index contributed by atoms with van der Waals surface area (Å²) in [6.45, 7) is 4.52. The van der Waals surface area contributed by atoms with Crippen LogP contribution in [0.2, 0.25) is 10.0 Å². The lowest BCUT2D eigenvalue weighted by molar-refractivity contribution is -0.116. The second-order valence-corrected chi connectivity index (χ2v) is 6.30. The molecule has 0 aliphatic heterocycles. The smallest absolute Gasteiger partial charge is 0.224 e. The fourth-order valence-corrected chi connectivity index (χ4v) is 2.65. The van der Waals surface area contributed by atoms with Gasteiger partial charge in [-0.05, 0) is 55.7 Å². The number of anilines is 1. The Balaban J connectivity index is 1.77. The number of amides is 1. The van der Waals surface area contributed by atoms with Gasteiger partial charge in [-0.1, -0.05) is 35.3 Å². The highest BCUT2D eigenvalue weighted by atomic mass is 35.5. The highest BCUT2D eigenvalue weighted by Crippen LogP contribution is 2.23. The first kappa shape index (κ1) is 17.6. The quantitative estimate of drug-likeness (QED) is 0.706. The third kappa shape index (κ3) is 5.77. The minimum absolute atomic E-state index is 0.0899. The molecule has 0 atom stereocenters. The molecule has 3 nitrogen and oxygen atoms in total. The van der Waals surface area contributed by atoms with Crippen molar-refractivity contribution in [3.8, 4) is 5.75 Å². The van der Waals surface area contributed by atoms with Gasteiger partial charge in [-0.25, -0.2) is 0 Å². The first-order chi connectivity index (χ1) is 10.9. The molecule has 2 aromatic rings. The van der Waals surface area contributed by atoms with E-state index >= 15 is 0 Å². The second-order valence-electron chi connectivity index (χ2n) is 5.43. The van der Waals surface area contributed by atoms with Gasteiger partial charge in [0.1, 0.15) is 5.75 Å². The Bertz CT molecular complexity index is 681. The van der Waals surface area contributed by atoms with E-state index in [1.54, 1.807) is 18.2 Å². The topological polar surface area (TPSA) is 38.3 Å². The molecule has 1 N–H and O–H groups in total. The molecule has 0 aliphatic carbocycles. The van der Waals surface area contributed by atoms with Gasteiger partial charge in [0.15, 0.2) is 0 Å². The first-order valence-electron chi connectivity index (χ1n) is 7.40. The largest absolute Gasteiger partial charge is 0.493 e. The summed E-state index contributed by atoms with van der Waals surface area (Å²) in [5.41, 5.74) is 2.85. The average molecular weight is 352 g/mol. The Labute approximate surface area is 146 Å². The molecule has 2 rings (SSSR count). The maximum Gasteiger partial charge on any atom is 0.224 e. The number of nitrogens with one attached hydrogen (secondary N) is 1. The maximum absolute atomic E-state index is 11.9. The molecule has 23 heavy (non-hydrogen) atoms. The van der Waals surface area contributed by atoms with Crippen LogP contribution in [-0.2, 0) is 4.79 Å². The van der Waals surface area contributed by atoms with Crippen LogP contribution in [0.4, 0.5) is 5.69 Å². The van der Waals surface area contributed by atoms with E-state index in [-0.39, 0.29) is 5.91 Å². The summed E-state index contributed by atoms with van der Waals surface area (Å²) in [4.78, 5) is 11.9. The summed E-state index contributed by atoms with van der Waals surface area (Å²) in [7, 11) is 0. The summed E-state index contributed by atoms with van der Waals surface area (Å²) in [5, 5.41) is 3.76. The third-order valence-corrected chi connectivity index (χ3v) is 3.73. The van der Waals surface area contributed by atoms with Crippen LogP contribution in [-0.4, -0.2) is 12.5 Å². The highest BCUT2D eigenvalue weighted by Gasteiger charge is 2.05. The molecule has 0 saturated carbocycles. The molecule has 0 heterocycles. The van der Waals surface area contributed by atoms with Crippen LogP contribution >= 0.6 is 23.2 Å². The molecule has 0 aromatic heterocycles. The zero-order valence-corrected chi connectivity index (χ0v) is 14.7. The molecule has 0 aliphatic rings. The van der Waals surface area contributed by atoms with E-state index in [1.807, 2.05) is 32.0 Å². The van der Waals surface area contributed by atoms with Crippen molar-refractivity contribution in [1.82, 2.24) is 0 Å². The number of hydrogen-bond acceptors (Lipinski definition) is 2. The van der Waals surface area contributed by atoms with E-state index in [4.69, 9.17) is 27.9 Å². The van der Waals surface area contributed by atoms with Crippen LogP contribution in [0.5, 0.6) is 5.75 Å². The van der Waals surface area contributed by atoms with Crippen molar-refractivity contribution in [3.05, 3.63) is 57.6 Å². The highest BCUT2D eigenvalue weighted by molar-refractivity contribution is 6.35. The van der Waals surface area contributed by atoms with E-state index in [0.717, 1.165) is 16.9 Å². The van der Waals surface area contributed by atoms with Crippen molar-refractivity contribution in [3.63, 3.8) is 0 Å². The summed E-state index contributed by atoms with van der Waals surface area (Å²) in [6.07, 6.45) is 1.00.